The standard InChI is InChI=1S/C39H27FN6OS/c40-34-22-27(16-18-33(34)37(47)44-38-41-20-21-48-38)35-24-42-36-19-17-28(25-45(35)36)29-23-43-46(26-29)39(30-10-4-1-5-11-30,31-12-6-2-7-13-31)32-14-8-3-9-15-32/h1-26H,(H,41,44,47). The third-order valence-corrected chi connectivity index (χ3v) is 9.19. The van der Waals surface area contributed by atoms with Gasteiger partial charge < -0.3 is 0 Å². The maximum absolute atomic E-state index is 15.3. The van der Waals surface area contributed by atoms with Crippen molar-refractivity contribution in [3.05, 3.63) is 186 Å². The lowest BCUT2D eigenvalue weighted by atomic mass is 9.77. The monoisotopic (exact) mass is 646 g/mol. The van der Waals surface area contributed by atoms with E-state index in [2.05, 4.69) is 94.3 Å². The van der Waals surface area contributed by atoms with Crippen molar-refractivity contribution in [1.29, 1.82) is 0 Å². The molecule has 0 aliphatic heterocycles. The molecule has 0 saturated carbocycles. The molecular formula is C39H27FN6OS. The van der Waals surface area contributed by atoms with Gasteiger partial charge >= 0.3 is 0 Å². The number of thiazole rings is 1. The average molecular weight is 647 g/mol. The Morgan fingerprint density at radius 1 is 0.708 bits per heavy atom. The second-order valence-electron chi connectivity index (χ2n) is 11.3. The van der Waals surface area contributed by atoms with Crippen molar-refractivity contribution in [3.63, 3.8) is 0 Å². The smallest absolute Gasteiger partial charge is 0.260 e. The van der Waals surface area contributed by atoms with Crippen LogP contribution in [-0.2, 0) is 5.54 Å². The summed E-state index contributed by atoms with van der Waals surface area (Å²) < 4.78 is 19.2. The van der Waals surface area contributed by atoms with Gasteiger partial charge in [0, 0.05) is 40.7 Å². The highest BCUT2D eigenvalue weighted by Gasteiger charge is 2.39. The molecule has 0 aliphatic rings. The highest BCUT2D eigenvalue weighted by molar-refractivity contribution is 7.13. The van der Waals surface area contributed by atoms with E-state index in [-0.39, 0.29) is 5.56 Å². The van der Waals surface area contributed by atoms with Gasteiger partial charge in [0.1, 0.15) is 17.0 Å². The third kappa shape index (κ3) is 5.06. The number of fused-ring (bicyclic) bond motifs is 1. The summed E-state index contributed by atoms with van der Waals surface area (Å²) in [4.78, 5) is 21.3. The summed E-state index contributed by atoms with van der Waals surface area (Å²) in [6.45, 7) is 0. The number of amides is 1. The Kier molecular flexibility index (Phi) is 7.43. The Morgan fingerprint density at radius 3 is 1.96 bits per heavy atom. The zero-order chi connectivity index (χ0) is 32.5. The Labute approximate surface area is 279 Å². The molecule has 8 aromatic rings. The Balaban J connectivity index is 1.20. The number of carbonyl (C=O) groups is 1. The van der Waals surface area contributed by atoms with E-state index in [0.717, 1.165) is 27.8 Å². The molecule has 0 saturated heterocycles. The van der Waals surface area contributed by atoms with E-state index in [1.54, 1.807) is 23.8 Å². The molecule has 0 spiro atoms. The molecule has 0 fully saturated rings. The zero-order valence-electron chi connectivity index (χ0n) is 25.4. The van der Waals surface area contributed by atoms with Crippen molar-refractivity contribution >= 4 is 28.0 Å². The molecule has 8 rings (SSSR count). The summed E-state index contributed by atoms with van der Waals surface area (Å²) in [6, 6.07) is 39.7. The van der Waals surface area contributed by atoms with E-state index in [1.807, 2.05) is 51.8 Å². The second kappa shape index (κ2) is 12.2. The van der Waals surface area contributed by atoms with Crippen LogP contribution in [0.1, 0.15) is 27.0 Å². The molecule has 1 N–H and O–H groups in total. The minimum atomic E-state index is -0.739. The SMILES string of the molecule is O=C(Nc1nccs1)c1ccc(-c2cnc3ccc(-c4cnn(C(c5ccccc5)(c5ccccc5)c5ccccc5)c4)cn23)cc1F. The summed E-state index contributed by atoms with van der Waals surface area (Å²) in [5.74, 6) is -1.18. The number of hydrogen-bond donors (Lipinski definition) is 1. The molecule has 0 bridgehead atoms. The van der Waals surface area contributed by atoms with Gasteiger partial charge in [-0.25, -0.2) is 14.4 Å². The molecule has 4 aromatic heterocycles. The fourth-order valence-electron chi connectivity index (χ4n) is 6.26. The molecule has 4 heterocycles. The number of nitrogens with zero attached hydrogens (tertiary/aromatic N) is 5. The number of rotatable bonds is 8. The van der Waals surface area contributed by atoms with Gasteiger partial charge in [0.2, 0.25) is 0 Å². The van der Waals surface area contributed by atoms with Crippen LogP contribution in [0.25, 0.3) is 28.0 Å². The predicted molar refractivity (Wildman–Crippen MR) is 186 cm³/mol. The van der Waals surface area contributed by atoms with Crippen molar-refractivity contribution in [2.24, 2.45) is 0 Å². The van der Waals surface area contributed by atoms with E-state index in [4.69, 9.17) is 5.10 Å². The van der Waals surface area contributed by atoms with E-state index in [0.29, 0.717) is 22.0 Å². The first-order chi connectivity index (χ1) is 23.6. The molecular weight excluding hydrogens is 620 g/mol. The number of aromatic nitrogens is 5. The minimum Gasteiger partial charge on any atom is -0.299 e. The van der Waals surface area contributed by atoms with Crippen LogP contribution < -0.4 is 5.32 Å². The van der Waals surface area contributed by atoms with Crippen molar-refractivity contribution in [2.45, 2.75) is 5.54 Å². The van der Waals surface area contributed by atoms with Crippen molar-refractivity contribution in [1.82, 2.24) is 24.1 Å². The van der Waals surface area contributed by atoms with Crippen LogP contribution in [0.3, 0.4) is 0 Å². The van der Waals surface area contributed by atoms with Gasteiger partial charge in [0.15, 0.2) is 5.13 Å². The number of halogens is 1. The Bertz CT molecular complexity index is 2260. The van der Waals surface area contributed by atoms with Crippen LogP contribution in [0, 0.1) is 5.82 Å². The summed E-state index contributed by atoms with van der Waals surface area (Å²) in [6.07, 6.45) is 9.21. The topological polar surface area (TPSA) is 77.1 Å². The number of pyridine rings is 1. The van der Waals surface area contributed by atoms with E-state index >= 15 is 4.39 Å². The van der Waals surface area contributed by atoms with E-state index < -0.39 is 17.3 Å². The minimum absolute atomic E-state index is 0.0606. The van der Waals surface area contributed by atoms with Crippen LogP contribution in [-0.4, -0.2) is 30.1 Å². The zero-order valence-corrected chi connectivity index (χ0v) is 26.3. The van der Waals surface area contributed by atoms with Gasteiger partial charge in [0.25, 0.3) is 5.91 Å². The largest absolute Gasteiger partial charge is 0.299 e. The Hall–Kier alpha value is -6.19. The molecule has 232 valence electrons. The molecule has 1 amide bonds. The fourth-order valence-corrected chi connectivity index (χ4v) is 6.79. The van der Waals surface area contributed by atoms with Gasteiger partial charge in [0.05, 0.1) is 23.7 Å². The summed E-state index contributed by atoms with van der Waals surface area (Å²) in [5.41, 5.74) is 6.25. The Morgan fingerprint density at radius 2 is 1.35 bits per heavy atom. The number of nitrogens with one attached hydrogen (secondary N) is 1. The van der Waals surface area contributed by atoms with Gasteiger partial charge in [-0.15, -0.1) is 11.3 Å². The van der Waals surface area contributed by atoms with Crippen LogP contribution in [0.4, 0.5) is 9.52 Å². The number of carbonyl (C=O) groups excluding carboxylic acids is 1. The van der Waals surface area contributed by atoms with Gasteiger partial charge in [-0.3, -0.25) is 19.2 Å². The van der Waals surface area contributed by atoms with Crippen LogP contribution in [0.15, 0.2) is 158 Å². The molecule has 7 nitrogen and oxygen atoms in total. The second-order valence-corrected chi connectivity index (χ2v) is 12.2. The molecule has 9 heteroatoms. The first-order valence-electron chi connectivity index (χ1n) is 15.3. The predicted octanol–water partition coefficient (Wildman–Crippen LogP) is 8.55. The molecule has 0 aliphatic carbocycles. The van der Waals surface area contributed by atoms with Gasteiger partial charge in [-0.2, -0.15) is 5.10 Å². The lowest BCUT2D eigenvalue weighted by molar-refractivity contribution is 0.102. The van der Waals surface area contributed by atoms with Gasteiger partial charge in [-0.1, -0.05) is 97.1 Å². The molecule has 48 heavy (non-hydrogen) atoms. The van der Waals surface area contributed by atoms with E-state index in [9.17, 15) is 4.79 Å². The van der Waals surface area contributed by atoms with Crippen molar-refractivity contribution < 1.29 is 9.18 Å². The maximum Gasteiger partial charge on any atom is 0.260 e. The summed E-state index contributed by atoms with van der Waals surface area (Å²) >= 11 is 1.27. The summed E-state index contributed by atoms with van der Waals surface area (Å²) in [7, 11) is 0. The van der Waals surface area contributed by atoms with Crippen LogP contribution in [0.5, 0.6) is 0 Å². The molecule has 4 aromatic carbocycles. The lowest BCUT2D eigenvalue weighted by Crippen LogP contribution is -2.38. The molecule has 0 atom stereocenters. The highest BCUT2D eigenvalue weighted by atomic mass is 32.1. The maximum atomic E-state index is 15.3. The van der Waals surface area contributed by atoms with Crippen LogP contribution >= 0.6 is 11.3 Å². The highest BCUT2D eigenvalue weighted by Crippen LogP contribution is 2.41. The number of hydrogen-bond acceptors (Lipinski definition) is 5. The first kappa shape index (κ1) is 29.2. The van der Waals surface area contributed by atoms with Crippen molar-refractivity contribution in [2.75, 3.05) is 5.32 Å². The van der Waals surface area contributed by atoms with Gasteiger partial charge in [-0.05, 0) is 41.0 Å². The molecule has 0 radical (unpaired) electrons. The number of anilines is 1. The first-order valence-corrected chi connectivity index (χ1v) is 16.2. The molecule has 0 unspecified atom stereocenters. The quantitative estimate of drug-likeness (QED) is 0.168. The van der Waals surface area contributed by atoms with Crippen LogP contribution in [0.2, 0.25) is 0 Å². The fraction of sp³-hybridized carbons (Fsp3) is 0.0256. The average Bonchev–Trinajstić information content (AvgIpc) is 3.92. The lowest BCUT2D eigenvalue weighted by Gasteiger charge is -2.36. The number of imidazole rings is 1. The normalized spacial score (nSPS) is 11.5. The summed E-state index contributed by atoms with van der Waals surface area (Å²) in [5, 5.41) is 9.80. The third-order valence-electron chi connectivity index (χ3n) is 8.50. The number of benzene rings is 4. The van der Waals surface area contributed by atoms with Crippen molar-refractivity contribution in [3.8, 4) is 22.4 Å². The van der Waals surface area contributed by atoms with E-state index in [1.165, 1.54) is 23.5 Å².